The van der Waals surface area contributed by atoms with Gasteiger partial charge in [0.25, 0.3) is 0 Å². The van der Waals surface area contributed by atoms with Crippen LogP contribution in [-0.2, 0) is 11.8 Å². The van der Waals surface area contributed by atoms with E-state index in [1.54, 1.807) is 11.3 Å². The lowest BCUT2D eigenvalue weighted by Gasteiger charge is -2.22. The van der Waals surface area contributed by atoms with Gasteiger partial charge in [-0.15, -0.1) is 0 Å². The molecule has 0 bridgehead atoms. The van der Waals surface area contributed by atoms with E-state index in [1.165, 1.54) is 5.56 Å². The van der Waals surface area contributed by atoms with Crippen LogP contribution in [0.3, 0.4) is 0 Å². The van der Waals surface area contributed by atoms with Crippen molar-refractivity contribution in [2.45, 2.75) is 32.6 Å². The first-order valence-electron chi connectivity index (χ1n) is 6.57. The Morgan fingerprint density at radius 2 is 1.89 bits per heavy atom. The smallest absolute Gasteiger partial charge is 0.0923 e. The fourth-order valence-corrected chi connectivity index (χ4v) is 1.94. The summed E-state index contributed by atoms with van der Waals surface area (Å²) in [6.07, 6.45) is 4.42. The molecule has 0 spiro atoms. The molecule has 2 aromatic rings. The topological polar surface area (TPSA) is 57.9 Å². The molecule has 0 aliphatic carbocycles. The van der Waals surface area contributed by atoms with Crippen molar-refractivity contribution in [3.8, 4) is 0 Å². The number of H-pyrrole nitrogens is 1. The first-order chi connectivity index (χ1) is 8.97. The molecule has 102 valence electrons. The second-order valence-corrected chi connectivity index (χ2v) is 5.80. The molecular formula is C15H22N4. The van der Waals surface area contributed by atoms with E-state index in [0.717, 1.165) is 24.3 Å². The summed E-state index contributed by atoms with van der Waals surface area (Å²) in [5.74, 6) is 6.07. The first-order valence-corrected chi connectivity index (χ1v) is 6.57. The number of hydrogen-bond acceptors (Lipinski definition) is 3. The maximum atomic E-state index is 6.07. The minimum atomic E-state index is 0.174. The maximum Gasteiger partial charge on any atom is 0.0923 e. The van der Waals surface area contributed by atoms with Gasteiger partial charge in [0.15, 0.2) is 0 Å². The van der Waals surface area contributed by atoms with E-state index in [0.29, 0.717) is 0 Å². The van der Waals surface area contributed by atoms with Gasteiger partial charge in [0.05, 0.1) is 17.7 Å². The number of hydrazine groups is 1. The molecule has 1 heterocycles. The minimum Gasteiger partial charge on any atom is -0.351 e. The summed E-state index contributed by atoms with van der Waals surface area (Å²) in [5, 5.41) is 1.76. The molecule has 2 rings (SSSR count). The zero-order chi connectivity index (χ0) is 13.9. The summed E-state index contributed by atoms with van der Waals surface area (Å²) in [7, 11) is 0. The quantitative estimate of drug-likeness (QED) is 0.654. The Labute approximate surface area is 114 Å². The first kappa shape index (κ1) is 13.6. The molecule has 0 saturated carbocycles. The second kappa shape index (κ2) is 5.45. The Balaban J connectivity index is 1.97. The Morgan fingerprint density at radius 3 is 2.42 bits per heavy atom. The molecule has 1 aromatic carbocycles. The van der Waals surface area contributed by atoms with Crippen molar-refractivity contribution in [2.75, 3.05) is 11.6 Å². The van der Waals surface area contributed by atoms with Crippen molar-refractivity contribution in [2.24, 2.45) is 5.84 Å². The number of rotatable bonds is 4. The van der Waals surface area contributed by atoms with E-state index in [-0.39, 0.29) is 5.41 Å². The molecule has 0 aliphatic heterocycles. The van der Waals surface area contributed by atoms with Gasteiger partial charge in [-0.1, -0.05) is 32.9 Å². The predicted molar refractivity (Wildman–Crippen MR) is 79.0 cm³/mol. The van der Waals surface area contributed by atoms with Gasteiger partial charge < -0.3 is 9.99 Å². The fraction of sp³-hybridized carbons (Fsp3) is 0.400. The summed E-state index contributed by atoms with van der Waals surface area (Å²) in [4.78, 5) is 7.14. The lowest BCUT2D eigenvalue weighted by molar-refractivity contribution is 0.590. The third-order valence-corrected chi connectivity index (χ3v) is 3.23. The molecule has 3 N–H and O–H groups in total. The highest BCUT2D eigenvalue weighted by molar-refractivity contribution is 5.47. The Morgan fingerprint density at radius 1 is 1.21 bits per heavy atom. The van der Waals surface area contributed by atoms with Crippen molar-refractivity contribution in [3.05, 3.63) is 48.0 Å². The van der Waals surface area contributed by atoms with E-state index in [9.17, 15) is 0 Å². The van der Waals surface area contributed by atoms with Crippen LogP contribution in [0, 0.1) is 0 Å². The third-order valence-electron chi connectivity index (χ3n) is 3.23. The summed E-state index contributed by atoms with van der Waals surface area (Å²) in [6.45, 7) is 7.37. The SMILES string of the molecule is CC(C)(C)c1ccc(N(N)CCc2c[nH]cn2)cc1. The second-order valence-electron chi connectivity index (χ2n) is 5.80. The van der Waals surface area contributed by atoms with E-state index in [2.05, 4.69) is 55.0 Å². The van der Waals surface area contributed by atoms with Crippen LogP contribution >= 0.6 is 0 Å². The van der Waals surface area contributed by atoms with Crippen LogP contribution in [0.4, 0.5) is 5.69 Å². The van der Waals surface area contributed by atoms with E-state index < -0.39 is 0 Å². The van der Waals surface area contributed by atoms with E-state index in [1.807, 2.05) is 6.20 Å². The highest BCUT2D eigenvalue weighted by atomic mass is 15.4. The van der Waals surface area contributed by atoms with Gasteiger partial charge in [-0.05, 0) is 23.1 Å². The van der Waals surface area contributed by atoms with Crippen LogP contribution in [0.25, 0.3) is 0 Å². The van der Waals surface area contributed by atoms with Crippen molar-refractivity contribution in [1.29, 1.82) is 0 Å². The number of aromatic nitrogens is 2. The number of nitrogens with zero attached hydrogens (tertiary/aromatic N) is 2. The summed E-state index contributed by atoms with van der Waals surface area (Å²) >= 11 is 0. The fourth-order valence-electron chi connectivity index (χ4n) is 1.94. The monoisotopic (exact) mass is 258 g/mol. The molecule has 4 nitrogen and oxygen atoms in total. The van der Waals surface area contributed by atoms with Gasteiger partial charge in [-0.3, -0.25) is 0 Å². The number of aromatic amines is 1. The van der Waals surface area contributed by atoms with Gasteiger partial charge in [0.1, 0.15) is 0 Å². The Kier molecular flexibility index (Phi) is 3.90. The van der Waals surface area contributed by atoms with Crippen molar-refractivity contribution in [3.63, 3.8) is 0 Å². The number of hydrogen-bond donors (Lipinski definition) is 2. The van der Waals surface area contributed by atoms with Gasteiger partial charge in [0.2, 0.25) is 0 Å². The lowest BCUT2D eigenvalue weighted by Crippen LogP contribution is -2.33. The number of nitrogens with two attached hydrogens (primary N) is 1. The Bertz CT molecular complexity index is 494. The molecule has 4 heteroatoms. The predicted octanol–water partition coefficient (Wildman–Crippen LogP) is 2.63. The molecular weight excluding hydrogens is 236 g/mol. The average molecular weight is 258 g/mol. The maximum absolute atomic E-state index is 6.07. The standard InChI is InChI=1S/C15H22N4/c1-15(2,3)12-4-6-14(7-5-12)19(16)9-8-13-10-17-11-18-13/h4-7,10-11H,8-9,16H2,1-3H3,(H,17,18). The highest BCUT2D eigenvalue weighted by Crippen LogP contribution is 2.24. The molecule has 1 aromatic heterocycles. The minimum absolute atomic E-state index is 0.174. The van der Waals surface area contributed by atoms with E-state index in [4.69, 9.17) is 5.84 Å². The van der Waals surface area contributed by atoms with Crippen LogP contribution in [-0.4, -0.2) is 16.5 Å². The number of nitrogens with one attached hydrogen (secondary N) is 1. The zero-order valence-corrected chi connectivity index (χ0v) is 11.9. The largest absolute Gasteiger partial charge is 0.351 e. The number of benzene rings is 1. The molecule has 0 atom stereocenters. The number of imidazole rings is 1. The average Bonchev–Trinajstić information content (AvgIpc) is 2.88. The summed E-state index contributed by atoms with van der Waals surface area (Å²) in [6, 6.07) is 8.43. The Hall–Kier alpha value is -1.81. The van der Waals surface area contributed by atoms with Gasteiger partial charge in [-0.25, -0.2) is 10.8 Å². The molecule has 0 saturated heterocycles. The van der Waals surface area contributed by atoms with Gasteiger partial charge in [0, 0.05) is 19.2 Å². The van der Waals surface area contributed by atoms with Crippen LogP contribution < -0.4 is 10.9 Å². The summed E-state index contributed by atoms with van der Waals surface area (Å²) in [5.41, 5.74) is 3.55. The van der Waals surface area contributed by atoms with Crippen LogP contribution in [0.15, 0.2) is 36.8 Å². The van der Waals surface area contributed by atoms with Crippen LogP contribution in [0.1, 0.15) is 32.0 Å². The van der Waals surface area contributed by atoms with Gasteiger partial charge >= 0.3 is 0 Å². The normalized spacial score (nSPS) is 11.6. The van der Waals surface area contributed by atoms with Crippen LogP contribution in [0.5, 0.6) is 0 Å². The molecule has 0 aliphatic rings. The highest BCUT2D eigenvalue weighted by Gasteiger charge is 2.13. The van der Waals surface area contributed by atoms with Crippen molar-refractivity contribution >= 4 is 5.69 Å². The molecule has 0 unspecified atom stereocenters. The molecule has 0 fully saturated rings. The zero-order valence-electron chi connectivity index (χ0n) is 11.9. The lowest BCUT2D eigenvalue weighted by atomic mass is 9.87. The summed E-state index contributed by atoms with van der Waals surface area (Å²) < 4.78 is 0. The molecule has 0 radical (unpaired) electrons. The van der Waals surface area contributed by atoms with E-state index >= 15 is 0 Å². The van der Waals surface area contributed by atoms with Gasteiger partial charge in [-0.2, -0.15) is 0 Å². The number of anilines is 1. The van der Waals surface area contributed by atoms with Crippen molar-refractivity contribution < 1.29 is 0 Å². The molecule has 0 amide bonds. The van der Waals surface area contributed by atoms with Crippen LogP contribution in [0.2, 0.25) is 0 Å². The molecule has 19 heavy (non-hydrogen) atoms. The third kappa shape index (κ3) is 3.58. The van der Waals surface area contributed by atoms with Crippen molar-refractivity contribution in [1.82, 2.24) is 9.97 Å².